The minimum absolute atomic E-state index is 0.351. The summed E-state index contributed by atoms with van der Waals surface area (Å²) in [7, 11) is 0. The molecule has 0 radical (unpaired) electrons. The van der Waals surface area contributed by atoms with Gasteiger partial charge in [0, 0.05) is 24.6 Å². The van der Waals surface area contributed by atoms with Crippen LogP contribution in [0.3, 0.4) is 0 Å². The van der Waals surface area contributed by atoms with E-state index >= 15 is 0 Å². The van der Waals surface area contributed by atoms with Crippen LogP contribution in [-0.4, -0.2) is 23.8 Å². The first-order valence-electron chi connectivity index (χ1n) is 6.76. The second-order valence-electron chi connectivity index (χ2n) is 4.73. The number of rotatable bonds is 3. The summed E-state index contributed by atoms with van der Waals surface area (Å²) in [6, 6.07) is 9.49. The maximum Gasteiger partial charge on any atom is 0.294 e. The van der Waals surface area contributed by atoms with Crippen LogP contribution in [0.25, 0.3) is 10.8 Å². The van der Waals surface area contributed by atoms with Crippen LogP contribution in [0.15, 0.2) is 36.5 Å². The lowest BCUT2D eigenvalue weighted by molar-refractivity contribution is -0.186. The van der Waals surface area contributed by atoms with E-state index in [2.05, 4.69) is 10.5 Å². The molecule has 1 aliphatic rings. The van der Waals surface area contributed by atoms with Crippen molar-refractivity contribution in [2.24, 2.45) is 0 Å². The van der Waals surface area contributed by atoms with Gasteiger partial charge >= 0.3 is 0 Å². The van der Waals surface area contributed by atoms with Crippen molar-refractivity contribution in [2.75, 3.05) is 6.61 Å². The molecule has 1 N–H and O–H groups in total. The lowest BCUT2D eigenvalue weighted by Gasteiger charge is -2.22. The van der Waals surface area contributed by atoms with Crippen molar-refractivity contribution >= 4 is 16.7 Å². The Morgan fingerprint density at radius 1 is 1.30 bits per heavy atom. The van der Waals surface area contributed by atoms with E-state index in [1.54, 1.807) is 6.20 Å². The normalized spacial score (nSPS) is 18.9. The van der Waals surface area contributed by atoms with Crippen molar-refractivity contribution < 1.29 is 14.4 Å². The summed E-state index contributed by atoms with van der Waals surface area (Å²) < 4.78 is 5.39. The molecule has 0 saturated carbocycles. The number of nitrogens with zero attached hydrogens (tertiary/aromatic N) is 1. The van der Waals surface area contributed by atoms with Crippen LogP contribution in [0.2, 0.25) is 0 Å². The number of benzene rings is 1. The molecule has 5 heteroatoms. The third-order valence-corrected chi connectivity index (χ3v) is 3.31. The largest absolute Gasteiger partial charge is 0.350 e. The summed E-state index contributed by atoms with van der Waals surface area (Å²) in [4.78, 5) is 21.6. The number of aromatic nitrogens is 1. The molecular formula is C15H16N2O3. The third kappa shape index (κ3) is 2.79. The number of ether oxygens (including phenoxy) is 1. The molecule has 0 spiro atoms. The van der Waals surface area contributed by atoms with E-state index in [0.717, 1.165) is 30.0 Å². The first kappa shape index (κ1) is 13.0. The van der Waals surface area contributed by atoms with Crippen LogP contribution < -0.4 is 5.48 Å². The summed E-state index contributed by atoms with van der Waals surface area (Å²) in [5, 5.41) is 1.78. The van der Waals surface area contributed by atoms with Gasteiger partial charge in [0.15, 0.2) is 6.29 Å². The van der Waals surface area contributed by atoms with Gasteiger partial charge in [-0.3, -0.25) is 9.78 Å². The van der Waals surface area contributed by atoms with E-state index < -0.39 is 0 Å². The Kier molecular flexibility index (Phi) is 3.90. The van der Waals surface area contributed by atoms with Gasteiger partial charge in [0.1, 0.15) is 5.69 Å². The zero-order valence-electron chi connectivity index (χ0n) is 11.0. The molecule has 1 saturated heterocycles. The highest BCUT2D eigenvalue weighted by Crippen LogP contribution is 2.17. The molecule has 1 unspecified atom stereocenters. The van der Waals surface area contributed by atoms with Crippen LogP contribution in [0, 0.1) is 0 Å². The van der Waals surface area contributed by atoms with Crippen molar-refractivity contribution in [3.05, 3.63) is 42.2 Å². The Bertz CT molecular complexity index is 604. The van der Waals surface area contributed by atoms with Crippen LogP contribution in [-0.2, 0) is 9.57 Å². The Labute approximate surface area is 116 Å². The number of hydrogen-bond acceptors (Lipinski definition) is 4. The fourth-order valence-corrected chi connectivity index (χ4v) is 2.27. The molecule has 1 atom stereocenters. The third-order valence-electron chi connectivity index (χ3n) is 3.31. The fourth-order valence-electron chi connectivity index (χ4n) is 2.27. The molecule has 1 amide bonds. The van der Waals surface area contributed by atoms with Crippen LogP contribution in [0.1, 0.15) is 29.8 Å². The smallest absolute Gasteiger partial charge is 0.294 e. The lowest BCUT2D eigenvalue weighted by Crippen LogP contribution is -2.33. The number of nitrogens with one attached hydrogen (secondary N) is 1. The molecule has 2 aromatic rings. The van der Waals surface area contributed by atoms with E-state index in [4.69, 9.17) is 9.57 Å². The zero-order chi connectivity index (χ0) is 13.8. The van der Waals surface area contributed by atoms with E-state index in [-0.39, 0.29) is 12.2 Å². The van der Waals surface area contributed by atoms with Crippen LogP contribution in [0.5, 0.6) is 0 Å². The van der Waals surface area contributed by atoms with Crippen LogP contribution in [0.4, 0.5) is 0 Å². The van der Waals surface area contributed by atoms with Gasteiger partial charge in [-0.25, -0.2) is 10.3 Å². The number of fused-ring (bicyclic) bond motifs is 1. The van der Waals surface area contributed by atoms with Gasteiger partial charge in [-0.15, -0.1) is 0 Å². The number of hydroxylamine groups is 1. The molecule has 0 aliphatic carbocycles. The first-order chi connectivity index (χ1) is 9.84. The molecule has 0 bridgehead atoms. The number of pyridine rings is 1. The first-order valence-corrected chi connectivity index (χ1v) is 6.76. The van der Waals surface area contributed by atoms with Crippen molar-refractivity contribution in [1.29, 1.82) is 0 Å². The number of amides is 1. The molecule has 3 rings (SSSR count). The van der Waals surface area contributed by atoms with Gasteiger partial charge < -0.3 is 4.74 Å². The van der Waals surface area contributed by atoms with Crippen molar-refractivity contribution in [3.63, 3.8) is 0 Å². The number of carbonyl (C=O) groups excluding carboxylic acids is 1. The summed E-state index contributed by atoms with van der Waals surface area (Å²) >= 11 is 0. The topological polar surface area (TPSA) is 60.5 Å². The Morgan fingerprint density at radius 2 is 2.20 bits per heavy atom. The Morgan fingerprint density at radius 3 is 3.05 bits per heavy atom. The summed E-state index contributed by atoms with van der Waals surface area (Å²) in [6.07, 6.45) is 4.14. The summed E-state index contributed by atoms with van der Waals surface area (Å²) in [5.41, 5.74) is 2.79. The predicted molar refractivity (Wildman–Crippen MR) is 73.9 cm³/mol. The van der Waals surface area contributed by atoms with Gasteiger partial charge in [0.05, 0.1) is 0 Å². The number of carbonyl (C=O) groups is 1. The molecular weight excluding hydrogens is 256 g/mol. The quantitative estimate of drug-likeness (QED) is 0.872. The number of hydrogen-bond donors (Lipinski definition) is 1. The second-order valence-corrected chi connectivity index (χ2v) is 4.73. The Balaban J connectivity index is 1.72. The average Bonchev–Trinajstić information content (AvgIpc) is 2.53. The average molecular weight is 272 g/mol. The molecule has 5 nitrogen and oxygen atoms in total. The van der Waals surface area contributed by atoms with Gasteiger partial charge in [-0.2, -0.15) is 0 Å². The minimum atomic E-state index is -0.359. The molecule has 20 heavy (non-hydrogen) atoms. The highest BCUT2D eigenvalue weighted by atomic mass is 16.8. The maximum absolute atomic E-state index is 12.1. The molecule has 1 aromatic carbocycles. The van der Waals surface area contributed by atoms with Gasteiger partial charge in [0.25, 0.3) is 5.91 Å². The molecule has 2 heterocycles. The van der Waals surface area contributed by atoms with Crippen molar-refractivity contribution in [1.82, 2.24) is 10.5 Å². The maximum atomic E-state index is 12.1. The van der Waals surface area contributed by atoms with E-state index in [1.165, 1.54) is 0 Å². The Hall–Kier alpha value is -1.98. The SMILES string of the molecule is O=C(NOC1CCCCO1)c1nccc2ccccc12. The lowest BCUT2D eigenvalue weighted by atomic mass is 10.1. The van der Waals surface area contributed by atoms with E-state index in [1.807, 2.05) is 30.3 Å². The molecule has 1 aliphatic heterocycles. The standard InChI is InChI=1S/C15H16N2O3/c18-15(17-20-13-7-3-4-10-19-13)14-12-6-2-1-5-11(12)8-9-16-14/h1-2,5-6,8-9,13H,3-4,7,10H2,(H,17,18). The summed E-state index contributed by atoms with van der Waals surface area (Å²) in [6.45, 7) is 0.674. The van der Waals surface area contributed by atoms with Gasteiger partial charge in [0.2, 0.25) is 0 Å². The molecule has 1 aromatic heterocycles. The second kappa shape index (κ2) is 5.98. The molecule has 1 fully saturated rings. The van der Waals surface area contributed by atoms with Gasteiger partial charge in [-0.05, 0) is 24.3 Å². The summed E-state index contributed by atoms with van der Waals surface area (Å²) in [5.74, 6) is -0.351. The fraction of sp³-hybridized carbons (Fsp3) is 0.333. The zero-order valence-corrected chi connectivity index (χ0v) is 11.0. The van der Waals surface area contributed by atoms with Crippen molar-refractivity contribution in [2.45, 2.75) is 25.6 Å². The highest BCUT2D eigenvalue weighted by Gasteiger charge is 2.17. The monoisotopic (exact) mass is 272 g/mol. The molecule has 104 valence electrons. The van der Waals surface area contributed by atoms with Gasteiger partial charge in [-0.1, -0.05) is 24.3 Å². The minimum Gasteiger partial charge on any atom is -0.350 e. The van der Waals surface area contributed by atoms with E-state index in [0.29, 0.717) is 12.3 Å². The van der Waals surface area contributed by atoms with E-state index in [9.17, 15) is 4.79 Å². The van der Waals surface area contributed by atoms with Crippen LogP contribution >= 0.6 is 0 Å². The predicted octanol–water partition coefficient (Wildman–Crippen LogP) is 2.42. The van der Waals surface area contributed by atoms with Crippen molar-refractivity contribution in [3.8, 4) is 0 Å². The highest BCUT2D eigenvalue weighted by molar-refractivity contribution is 6.04.